The van der Waals surface area contributed by atoms with Gasteiger partial charge in [0.25, 0.3) is 0 Å². The molecule has 0 unspecified atom stereocenters. The SMILES string of the molecule is CN(C)c1ncc(CNC(=O)N[C@@](C)(CO)C2CCCCC2)n1C. The standard InChI is InChI=1S/C17H31N5O2/c1-17(12-23,13-8-6-5-7-9-13)20-15(24)18-10-14-11-19-16(21(2)3)22(14)4/h11,13,23H,5-10,12H2,1-4H3,(H2,18,20,24)/t17-/m0/s1. The average molecular weight is 337 g/mol. The minimum atomic E-state index is -0.564. The van der Waals surface area contributed by atoms with Crippen LogP contribution in [0.5, 0.6) is 0 Å². The highest BCUT2D eigenvalue weighted by Gasteiger charge is 2.35. The lowest BCUT2D eigenvalue weighted by atomic mass is 9.76. The van der Waals surface area contributed by atoms with Crippen molar-refractivity contribution >= 4 is 12.0 Å². The predicted molar refractivity (Wildman–Crippen MR) is 95.0 cm³/mol. The molecule has 1 aliphatic carbocycles. The normalized spacial score (nSPS) is 18.0. The van der Waals surface area contributed by atoms with Crippen LogP contribution >= 0.6 is 0 Å². The maximum atomic E-state index is 12.3. The van der Waals surface area contributed by atoms with E-state index in [0.717, 1.165) is 24.5 Å². The van der Waals surface area contributed by atoms with Gasteiger partial charge >= 0.3 is 6.03 Å². The monoisotopic (exact) mass is 337 g/mol. The van der Waals surface area contributed by atoms with Crippen molar-refractivity contribution in [2.75, 3.05) is 25.6 Å². The molecule has 1 aromatic heterocycles. The van der Waals surface area contributed by atoms with E-state index in [1.165, 1.54) is 19.3 Å². The summed E-state index contributed by atoms with van der Waals surface area (Å²) in [6, 6.07) is -0.246. The molecule has 0 saturated heterocycles. The van der Waals surface area contributed by atoms with Crippen LogP contribution in [0.25, 0.3) is 0 Å². The van der Waals surface area contributed by atoms with Crippen molar-refractivity contribution in [2.45, 2.75) is 51.1 Å². The summed E-state index contributed by atoms with van der Waals surface area (Å²) in [5.74, 6) is 1.17. The number of aliphatic hydroxyl groups is 1. The highest BCUT2D eigenvalue weighted by Crippen LogP contribution is 2.32. The van der Waals surface area contributed by atoms with E-state index in [-0.39, 0.29) is 12.6 Å². The third-order valence-corrected chi connectivity index (χ3v) is 5.12. The van der Waals surface area contributed by atoms with E-state index in [4.69, 9.17) is 0 Å². The first-order valence-electron chi connectivity index (χ1n) is 8.72. The van der Waals surface area contributed by atoms with Crippen molar-refractivity contribution in [2.24, 2.45) is 13.0 Å². The molecule has 24 heavy (non-hydrogen) atoms. The number of urea groups is 1. The average Bonchev–Trinajstić information content (AvgIpc) is 2.94. The van der Waals surface area contributed by atoms with Crippen LogP contribution in [0.2, 0.25) is 0 Å². The smallest absolute Gasteiger partial charge is 0.315 e. The van der Waals surface area contributed by atoms with E-state index in [1.54, 1.807) is 6.20 Å². The summed E-state index contributed by atoms with van der Waals surface area (Å²) >= 11 is 0. The number of aromatic nitrogens is 2. The Morgan fingerprint density at radius 3 is 2.62 bits per heavy atom. The van der Waals surface area contributed by atoms with Crippen LogP contribution < -0.4 is 15.5 Å². The fourth-order valence-corrected chi connectivity index (χ4v) is 3.50. The number of imidazole rings is 1. The molecule has 7 heteroatoms. The van der Waals surface area contributed by atoms with Gasteiger partial charge in [-0.25, -0.2) is 9.78 Å². The number of hydrogen-bond donors (Lipinski definition) is 3. The summed E-state index contributed by atoms with van der Waals surface area (Å²) in [6.45, 7) is 2.30. The molecule has 0 aliphatic heterocycles. The molecule has 136 valence electrons. The number of anilines is 1. The van der Waals surface area contributed by atoms with Crippen molar-refractivity contribution in [3.8, 4) is 0 Å². The third-order valence-electron chi connectivity index (χ3n) is 5.12. The van der Waals surface area contributed by atoms with Crippen LogP contribution in [0.3, 0.4) is 0 Å². The van der Waals surface area contributed by atoms with Gasteiger partial charge in [0.15, 0.2) is 0 Å². The first kappa shape index (κ1) is 18.6. The molecule has 1 saturated carbocycles. The summed E-state index contributed by atoms with van der Waals surface area (Å²) < 4.78 is 1.95. The van der Waals surface area contributed by atoms with Crippen molar-refractivity contribution in [3.63, 3.8) is 0 Å². The number of hydrogen-bond acceptors (Lipinski definition) is 4. The Morgan fingerprint density at radius 2 is 2.08 bits per heavy atom. The Hall–Kier alpha value is -1.76. The minimum Gasteiger partial charge on any atom is -0.394 e. The van der Waals surface area contributed by atoms with Crippen LogP contribution in [-0.2, 0) is 13.6 Å². The van der Waals surface area contributed by atoms with E-state index in [1.807, 2.05) is 37.5 Å². The van der Waals surface area contributed by atoms with Crippen molar-refractivity contribution in [3.05, 3.63) is 11.9 Å². The molecular weight excluding hydrogens is 306 g/mol. The molecule has 7 nitrogen and oxygen atoms in total. The second-order valence-corrected chi connectivity index (χ2v) is 7.22. The van der Waals surface area contributed by atoms with Gasteiger partial charge in [0.2, 0.25) is 5.95 Å². The third kappa shape index (κ3) is 4.20. The molecule has 2 amide bonds. The van der Waals surface area contributed by atoms with Gasteiger partial charge in [-0.15, -0.1) is 0 Å². The summed E-state index contributed by atoms with van der Waals surface area (Å²) in [5.41, 5.74) is 0.364. The van der Waals surface area contributed by atoms with E-state index in [2.05, 4.69) is 15.6 Å². The van der Waals surface area contributed by atoms with E-state index < -0.39 is 5.54 Å². The van der Waals surface area contributed by atoms with Crippen LogP contribution in [0, 0.1) is 5.92 Å². The zero-order chi connectivity index (χ0) is 17.7. The fraction of sp³-hybridized carbons (Fsp3) is 0.765. The number of nitrogens with one attached hydrogen (secondary N) is 2. The highest BCUT2D eigenvalue weighted by molar-refractivity contribution is 5.74. The molecule has 0 aromatic carbocycles. The van der Waals surface area contributed by atoms with Gasteiger partial charge in [-0.05, 0) is 25.7 Å². The molecule has 1 heterocycles. The number of carbonyl (C=O) groups is 1. The number of amides is 2. The fourth-order valence-electron chi connectivity index (χ4n) is 3.50. The van der Waals surface area contributed by atoms with E-state index in [0.29, 0.717) is 12.5 Å². The lowest BCUT2D eigenvalue weighted by Gasteiger charge is -2.39. The lowest BCUT2D eigenvalue weighted by Crippen LogP contribution is -2.57. The first-order valence-corrected chi connectivity index (χ1v) is 8.72. The molecule has 1 fully saturated rings. The van der Waals surface area contributed by atoms with Gasteiger partial charge in [-0.3, -0.25) is 0 Å². The number of nitrogens with zero attached hydrogens (tertiary/aromatic N) is 3. The topological polar surface area (TPSA) is 82.4 Å². The zero-order valence-corrected chi connectivity index (χ0v) is 15.3. The second-order valence-electron chi connectivity index (χ2n) is 7.22. The van der Waals surface area contributed by atoms with Gasteiger partial charge in [0.1, 0.15) is 0 Å². The van der Waals surface area contributed by atoms with E-state index >= 15 is 0 Å². The Bertz CT molecular complexity index is 551. The van der Waals surface area contributed by atoms with E-state index in [9.17, 15) is 9.90 Å². The number of aliphatic hydroxyl groups excluding tert-OH is 1. The highest BCUT2D eigenvalue weighted by atomic mass is 16.3. The number of rotatable bonds is 6. The maximum absolute atomic E-state index is 12.3. The van der Waals surface area contributed by atoms with Crippen LogP contribution in [0.4, 0.5) is 10.7 Å². The number of carbonyl (C=O) groups excluding carboxylic acids is 1. The van der Waals surface area contributed by atoms with Gasteiger partial charge in [0.05, 0.1) is 30.6 Å². The van der Waals surface area contributed by atoms with Crippen molar-refractivity contribution in [1.29, 1.82) is 0 Å². The Morgan fingerprint density at radius 1 is 1.42 bits per heavy atom. The molecule has 1 aromatic rings. The Labute approximate surface area is 144 Å². The Balaban J connectivity index is 1.92. The molecule has 1 atom stereocenters. The van der Waals surface area contributed by atoms with Gasteiger partial charge in [-0.1, -0.05) is 19.3 Å². The van der Waals surface area contributed by atoms with Crippen LogP contribution in [0.15, 0.2) is 6.20 Å². The summed E-state index contributed by atoms with van der Waals surface area (Å²) in [5, 5.41) is 15.7. The zero-order valence-electron chi connectivity index (χ0n) is 15.3. The minimum absolute atomic E-state index is 0.0401. The maximum Gasteiger partial charge on any atom is 0.315 e. The molecule has 0 radical (unpaired) electrons. The largest absolute Gasteiger partial charge is 0.394 e. The molecule has 1 aliphatic rings. The summed E-state index contributed by atoms with van der Waals surface area (Å²) in [6.07, 6.45) is 7.48. The molecule has 3 N–H and O–H groups in total. The summed E-state index contributed by atoms with van der Waals surface area (Å²) in [7, 11) is 5.79. The summed E-state index contributed by atoms with van der Waals surface area (Å²) in [4.78, 5) is 18.6. The van der Waals surface area contributed by atoms with Crippen molar-refractivity contribution in [1.82, 2.24) is 20.2 Å². The van der Waals surface area contributed by atoms with Crippen LogP contribution in [0.1, 0.15) is 44.7 Å². The quantitative estimate of drug-likeness (QED) is 0.737. The molecular formula is C17H31N5O2. The van der Waals surface area contributed by atoms with Gasteiger partial charge < -0.3 is 25.2 Å². The molecule has 0 spiro atoms. The first-order chi connectivity index (χ1) is 11.4. The van der Waals surface area contributed by atoms with Crippen molar-refractivity contribution < 1.29 is 9.90 Å². The lowest BCUT2D eigenvalue weighted by molar-refractivity contribution is 0.101. The predicted octanol–water partition coefficient (Wildman–Crippen LogP) is 1.62. The van der Waals surface area contributed by atoms with Gasteiger partial charge in [-0.2, -0.15) is 0 Å². The van der Waals surface area contributed by atoms with Gasteiger partial charge in [0, 0.05) is 21.1 Å². The molecule has 2 rings (SSSR count). The second kappa shape index (κ2) is 7.88. The Kier molecular flexibility index (Phi) is 6.10. The molecule has 0 bridgehead atoms. The van der Waals surface area contributed by atoms with Crippen LogP contribution in [-0.4, -0.2) is 46.9 Å².